The third kappa shape index (κ3) is 7.84. The van der Waals surface area contributed by atoms with Crippen molar-refractivity contribution in [1.82, 2.24) is 0 Å². The van der Waals surface area contributed by atoms with E-state index in [0.29, 0.717) is 11.8 Å². The standard InChI is InChI=1S/C28H51F/c1-3-5-22-7-9-24(10-8-22)11-12-25-13-15-26(16-14-25)21-28(29)27-19-17-23(6-4-2)18-20-27/h22-28H,3-21H2,1-2H3/t22-,23-,24-,25?,26?,27-,28?. The number of hydrogen-bond acceptors (Lipinski definition) is 0. The molecule has 170 valence electrons. The smallest absolute Gasteiger partial charge is 0.103 e. The molecule has 0 aliphatic heterocycles. The molecular weight excluding hydrogens is 355 g/mol. The van der Waals surface area contributed by atoms with Gasteiger partial charge in [0.25, 0.3) is 0 Å². The van der Waals surface area contributed by atoms with E-state index in [1.165, 1.54) is 116 Å². The highest BCUT2D eigenvalue weighted by Gasteiger charge is 2.31. The molecule has 0 saturated heterocycles. The van der Waals surface area contributed by atoms with E-state index in [1.807, 2.05) is 0 Å². The lowest BCUT2D eigenvalue weighted by Gasteiger charge is -2.34. The van der Waals surface area contributed by atoms with Crippen molar-refractivity contribution in [3.05, 3.63) is 0 Å². The number of hydrogen-bond donors (Lipinski definition) is 0. The van der Waals surface area contributed by atoms with Gasteiger partial charge in [0.15, 0.2) is 0 Å². The van der Waals surface area contributed by atoms with Crippen LogP contribution in [0.2, 0.25) is 0 Å². The average Bonchev–Trinajstić information content (AvgIpc) is 2.75. The zero-order valence-corrected chi connectivity index (χ0v) is 19.9. The molecule has 0 aromatic carbocycles. The first-order valence-electron chi connectivity index (χ1n) is 13.8. The molecular formula is C28H51F. The molecule has 0 N–H and O–H groups in total. The van der Waals surface area contributed by atoms with E-state index < -0.39 is 6.17 Å². The van der Waals surface area contributed by atoms with Gasteiger partial charge in [-0.05, 0) is 54.8 Å². The summed E-state index contributed by atoms with van der Waals surface area (Å²) in [5.41, 5.74) is 0. The summed E-state index contributed by atoms with van der Waals surface area (Å²) in [6, 6.07) is 0. The maximum Gasteiger partial charge on any atom is 0.103 e. The van der Waals surface area contributed by atoms with Crippen LogP contribution in [0.3, 0.4) is 0 Å². The van der Waals surface area contributed by atoms with Gasteiger partial charge < -0.3 is 0 Å². The molecule has 3 saturated carbocycles. The van der Waals surface area contributed by atoms with Crippen LogP contribution in [0.5, 0.6) is 0 Å². The van der Waals surface area contributed by atoms with Crippen molar-refractivity contribution < 1.29 is 4.39 Å². The van der Waals surface area contributed by atoms with Crippen LogP contribution in [0.1, 0.15) is 136 Å². The minimum atomic E-state index is -0.502. The van der Waals surface area contributed by atoms with Crippen LogP contribution in [0.25, 0.3) is 0 Å². The Hall–Kier alpha value is -0.0700. The second-order valence-corrected chi connectivity index (χ2v) is 11.5. The highest BCUT2D eigenvalue weighted by atomic mass is 19.1. The fourth-order valence-corrected chi connectivity index (χ4v) is 7.20. The Balaban J connectivity index is 1.26. The molecule has 3 aliphatic rings. The second-order valence-electron chi connectivity index (χ2n) is 11.5. The summed E-state index contributed by atoms with van der Waals surface area (Å²) < 4.78 is 15.0. The third-order valence-corrected chi connectivity index (χ3v) is 9.27. The molecule has 0 bridgehead atoms. The summed E-state index contributed by atoms with van der Waals surface area (Å²) in [7, 11) is 0. The average molecular weight is 407 g/mol. The topological polar surface area (TPSA) is 0 Å². The summed E-state index contributed by atoms with van der Waals surface area (Å²) in [4.78, 5) is 0. The quantitative estimate of drug-likeness (QED) is 0.339. The molecule has 1 atom stereocenters. The predicted molar refractivity (Wildman–Crippen MR) is 125 cm³/mol. The van der Waals surface area contributed by atoms with Gasteiger partial charge in [0.2, 0.25) is 0 Å². The van der Waals surface area contributed by atoms with Crippen molar-refractivity contribution in [3.63, 3.8) is 0 Å². The van der Waals surface area contributed by atoms with Gasteiger partial charge in [-0.25, -0.2) is 4.39 Å². The predicted octanol–water partition coefficient (Wildman–Crippen LogP) is 9.51. The summed E-state index contributed by atoms with van der Waals surface area (Å²) in [6.07, 6.45) is 25.2. The van der Waals surface area contributed by atoms with Crippen LogP contribution < -0.4 is 0 Å². The van der Waals surface area contributed by atoms with Gasteiger partial charge in [-0.2, -0.15) is 0 Å². The van der Waals surface area contributed by atoms with E-state index in [1.54, 1.807) is 0 Å². The molecule has 0 spiro atoms. The van der Waals surface area contributed by atoms with Crippen molar-refractivity contribution >= 4 is 0 Å². The molecule has 0 heterocycles. The van der Waals surface area contributed by atoms with E-state index >= 15 is 0 Å². The van der Waals surface area contributed by atoms with Crippen LogP contribution in [0, 0.1) is 35.5 Å². The van der Waals surface area contributed by atoms with E-state index in [-0.39, 0.29) is 0 Å². The summed E-state index contributed by atoms with van der Waals surface area (Å²) in [6.45, 7) is 4.63. The first-order valence-corrected chi connectivity index (χ1v) is 13.8. The number of alkyl halides is 1. The highest BCUT2D eigenvalue weighted by molar-refractivity contribution is 4.82. The number of halogens is 1. The Labute approximate surface area is 182 Å². The molecule has 0 aromatic rings. The largest absolute Gasteiger partial charge is 0.247 e. The lowest BCUT2D eigenvalue weighted by atomic mass is 9.72. The Kier molecular flexibility index (Phi) is 10.3. The van der Waals surface area contributed by atoms with Gasteiger partial charge in [-0.15, -0.1) is 0 Å². The molecule has 1 unspecified atom stereocenters. The lowest BCUT2D eigenvalue weighted by molar-refractivity contribution is 0.112. The van der Waals surface area contributed by atoms with E-state index in [9.17, 15) is 4.39 Å². The van der Waals surface area contributed by atoms with Crippen LogP contribution >= 0.6 is 0 Å². The van der Waals surface area contributed by atoms with Gasteiger partial charge in [-0.1, -0.05) is 117 Å². The first kappa shape index (κ1) is 23.6. The fourth-order valence-electron chi connectivity index (χ4n) is 7.20. The Morgan fingerprint density at radius 2 is 0.862 bits per heavy atom. The molecule has 3 rings (SSSR count). The maximum atomic E-state index is 15.0. The van der Waals surface area contributed by atoms with Crippen molar-refractivity contribution in [2.75, 3.05) is 0 Å². The van der Waals surface area contributed by atoms with Crippen LogP contribution in [0.4, 0.5) is 4.39 Å². The fraction of sp³-hybridized carbons (Fsp3) is 1.00. The highest BCUT2D eigenvalue weighted by Crippen LogP contribution is 2.41. The molecule has 0 aromatic heterocycles. The van der Waals surface area contributed by atoms with E-state index in [4.69, 9.17) is 0 Å². The van der Waals surface area contributed by atoms with E-state index in [2.05, 4.69) is 13.8 Å². The maximum absolute atomic E-state index is 15.0. The second kappa shape index (κ2) is 12.7. The zero-order chi connectivity index (χ0) is 20.5. The van der Waals surface area contributed by atoms with Crippen LogP contribution in [0.15, 0.2) is 0 Å². The van der Waals surface area contributed by atoms with Gasteiger partial charge in [0.1, 0.15) is 6.17 Å². The summed E-state index contributed by atoms with van der Waals surface area (Å²) in [5, 5.41) is 0. The van der Waals surface area contributed by atoms with Gasteiger partial charge in [0, 0.05) is 0 Å². The van der Waals surface area contributed by atoms with Crippen LogP contribution in [-0.2, 0) is 0 Å². The Morgan fingerprint density at radius 3 is 1.28 bits per heavy atom. The van der Waals surface area contributed by atoms with Crippen molar-refractivity contribution in [2.45, 2.75) is 142 Å². The lowest BCUT2D eigenvalue weighted by Crippen LogP contribution is -2.26. The molecule has 3 aliphatic carbocycles. The van der Waals surface area contributed by atoms with Crippen LogP contribution in [-0.4, -0.2) is 6.17 Å². The SMILES string of the molecule is CCC[C@H]1CC[C@H](CCC2CCC(CC(F)[C@H]3CC[C@H](CCC)CC3)CC2)CC1. The van der Waals surface area contributed by atoms with Gasteiger partial charge in [0.05, 0.1) is 0 Å². The molecule has 29 heavy (non-hydrogen) atoms. The number of rotatable bonds is 10. The van der Waals surface area contributed by atoms with Gasteiger partial charge in [-0.3, -0.25) is 0 Å². The minimum absolute atomic E-state index is 0.392. The minimum Gasteiger partial charge on any atom is -0.247 e. The zero-order valence-electron chi connectivity index (χ0n) is 19.9. The third-order valence-electron chi connectivity index (χ3n) is 9.27. The molecule has 0 amide bonds. The van der Waals surface area contributed by atoms with Gasteiger partial charge >= 0.3 is 0 Å². The Morgan fingerprint density at radius 1 is 0.517 bits per heavy atom. The Bertz CT molecular complexity index is 408. The van der Waals surface area contributed by atoms with Crippen molar-refractivity contribution in [3.8, 4) is 0 Å². The monoisotopic (exact) mass is 406 g/mol. The van der Waals surface area contributed by atoms with E-state index in [0.717, 1.165) is 30.1 Å². The normalized spacial score (nSPS) is 37.3. The molecule has 1 heteroatoms. The van der Waals surface area contributed by atoms with Crippen molar-refractivity contribution in [1.29, 1.82) is 0 Å². The molecule has 0 nitrogen and oxygen atoms in total. The first-order chi connectivity index (χ1) is 14.2. The molecule has 0 radical (unpaired) electrons. The summed E-state index contributed by atoms with van der Waals surface area (Å²) in [5.74, 6) is 5.02. The van der Waals surface area contributed by atoms with Crippen molar-refractivity contribution in [2.24, 2.45) is 35.5 Å². The summed E-state index contributed by atoms with van der Waals surface area (Å²) >= 11 is 0. The molecule has 3 fully saturated rings.